The monoisotopic (exact) mass is 370 g/mol. The van der Waals surface area contributed by atoms with E-state index in [1.165, 1.54) is 4.90 Å². The minimum atomic E-state index is -0.790. The number of benzene rings is 1. The predicted molar refractivity (Wildman–Crippen MR) is 97.9 cm³/mol. The fourth-order valence-electron chi connectivity index (χ4n) is 3.56. The number of aromatic amines is 1. The maximum Gasteiger partial charge on any atom is 0.270 e. The molecule has 3 heterocycles. The zero-order valence-corrected chi connectivity index (χ0v) is 15.5. The number of fused-ring (bicyclic) bond motifs is 2. The van der Waals surface area contributed by atoms with Crippen molar-refractivity contribution in [1.29, 1.82) is 0 Å². The second-order valence-electron chi connectivity index (χ2n) is 7.24. The number of H-pyrrole nitrogens is 1. The minimum absolute atomic E-state index is 0.0663. The standard InChI is InChI=1S/C19H22N4O4/c1-19(2)16-11(8-9-27-19)15(21-22-16)17(24)20-12-10-26-14-7-5-4-6-13(14)23(3)18(12)25/h4-7,12H,8-10H2,1-3H3,(H,20,24)(H,21,22)/t12-/m0/s1. The summed E-state index contributed by atoms with van der Waals surface area (Å²) in [4.78, 5) is 27.1. The molecule has 0 aliphatic carbocycles. The van der Waals surface area contributed by atoms with E-state index in [4.69, 9.17) is 9.47 Å². The Bertz CT molecular complexity index is 905. The quantitative estimate of drug-likeness (QED) is 0.832. The van der Waals surface area contributed by atoms with Crippen LogP contribution in [-0.2, 0) is 21.6 Å². The van der Waals surface area contributed by atoms with Crippen molar-refractivity contribution < 1.29 is 19.1 Å². The molecule has 0 saturated carbocycles. The summed E-state index contributed by atoms with van der Waals surface area (Å²) in [7, 11) is 1.67. The second kappa shape index (κ2) is 6.38. The summed E-state index contributed by atoms with van der Waals surface area (Å²) in [5.41, 5.74) is 2.07. The van der Waals surface area contributed by atoms with E-state index in [-0.39, 0.29) is 18.4 Å². The number of hydrogen-bond donors (Lipinski definition) is 2. The van der Waals surface area contributed by atoms with Gasteiger partial charge in [0.2, 0.25) is 0 Å². The number of nitrogens with one attached hydrogen (secondary N) is 2. The SMILES string of the molecule is CN1C(=O)[C@@H](NC(=O)c2[nH]nc3c2CCOC3(C)C)COc2ccccc21. The third kappa shape index (κ3) is 2.95. The van der Waals surface area contributed by atoms with Crippen molar-refractivity contribution >= 4 is 17.5 Å². The normalized spacial score (nSPS) is 20.9. The molecule has 0 saturated heterocycles. The fourth-order valence-corrected chi connectivity index (χ4v) is 3.56. The van der Waals surface area contributed by atoms with Crippen molar-refractivity contribution in [2.75, 3.05) is 25.2 Å². The van der Waals surface area contributed by atoms with Crippen molar-refractivity contribution in [2.45, 2.75) is 31.9 Å². The van der Waals surface area contributed by atoms with E-state index in [2.05, 4.69) is 15.5 Å². The molecule has 2 N–H and O–H groups in total. The topological polar surface area (TPSA) is 96.6 Å². The highest BCUT2D eigenvalue weighted by atomic mass is 16.5. The Kier molecular flexibility index (Phi) is 4.15. The van der Waals surface area contributed by atoms with Gasteiger partial charge in [0.05, 0.1) is 18.0 Å². The summed E-state index contributed by atoms with van der Waals surface area (Å²) in [6.07, 6.45) is 0.596. The lowest BCUT2D eigenvalue weighted by Crippen LogP contribution is -2.49. The average Bonchev–Trinajstić information content (AvgIpc) is 3.05. The van der Waals surface area contributed by atoms with Crippen LogP contribution >= 0.6 is 0 Å². The van der Waals surface area contributed by atoms with E-state index < -0.39 is 11.6 Å². The molecular weight excluding hydrogens is 348 g/mol. The van der Waals surface area contributed by atoms with E-state index in [0.29, 0.717) is 30.2 Å². The van der Waals surface area contributed by atoms with Crippen LogP contribution in [0.1, 0.15) is 35.6 Å². The molecule has 2 aliphatic rings. The zero-order chi connectivity index (χ0) is 19.2. The van der Waals surface area contributed by atoms with E-state index in [0.717, 1.165) is 11.3 Å². The molecule has 0 bridgehead atoms. The fraction of sp³-hybridized carbons (Fsp3) is 0.421. The number of likely N-dealkylation sites (N-methyl/N-ethyl adjacent to an activating group) is 1. The summed E-state index contributed by atoms with van der Waals surface area (Å²) in [6.45, 7) is 4.42. The molecule has 8 nitrogen and oxygen atoms in total. The molecule has 2 aliphatic heterocycles. The maximum atomic E-state index is 12.8. The molecular formula is C19H22N4O4. The van der Waals surface area contributed by atoms with Gasteiger partial charge < -0.3 is 19.7 Å². The second-order valence-corrected chi connectivity index (χ2v) is 7.24. The van der Waals surface area contributed by atoms with Crippen molar-refractivity contribution in [3.63, 3.8) is 0 Å². The first kappa shape index (κ1) is 17.5. The smallest absolute Gasteiger partial charge is 0.270 e. The van der Waals surface area contributed by atoms with Crippen LogP contribution < -0.4 is 15.0 Å². The molecule has 0 spiro atoms. The van der Waals surface area contributed by atoms with Crippen LogP contribution in [0.3, 0.4) is 0 Å². The molecule has 2 aromatic rings. The molecule has 8 heteroatoms. The Morgan fingerprint density at radius 3 is 2.96 bits per heavy atom. The number of carbonyl (C=O) groups is 2. The van der Waals surface area contributed by atoms with Gasteiger partial charge in [-0.15, -0.1) is 0 Å². The molecule has 2 amide bonds. The Labute approximate surface area is 156 Å². The molecule has 4 rings (SSSR count). The van der Waals surface area contributed by atoms with E-state index in [1.807, 2.05) is 32.0 Å². The first-order valence-corrected chi connectivity index (χ1v) is 8.90. The number of aromatic nitrogens is 2. The lowest BCUT2D eigenvalue weighted by molar-refractivity contribution is -0.120. The number of nitrogens with zero attached hydrogens (tertiary/aromatic N) is 2. The maximum absolute atomic E-state index is 12.8. The van der Waals surface area contributed by atoms with E-state index in [9.17, 15) is 9.59 Å². The number of ether oxygens (including phenoxy) is 2. The number of carbonyl (C=O) groups excluding carboxylic acids is 2. The van der Waals surface area contributed by atoms with E-state index in [1.54, 1.807) is 13.1 Å². The van der Waals surface area contributed by atoms with Crippen molar-refractivity contribution in [2.24, 2.45) is 0 Å². The number of rotatable bonds is 2. The first-order chi connectivity index (χ1) is 12.9. The molecule has 1 aromatic heterocycles. The molecule has 1 atom stereocenters. The Balaban J connectivity index is 1.56. The van der Waals surface area contributed by atoms with Gasteiger partial charge in [0.1, 0.15) is 29.7 Å². The highest BCUT2D eigenvalue weighted by Gasteiger charge is 2.36. The van der Waals surface area contributed by atoms with Gasteiger partial charge in [-0.05, 0) is 26.0 Å². The van der Waals surface area contributed by atoms with Gasteiger partial charge in [0, 0.05) is 19.0 Å². The van der Waals surface area contributed by atoms with E-state index >= 15 is 0 Å². The van der Waals surface area contributed by atoms with Crippen LogP contribution in [0.15, 0.2) is 24.3 Å². The van der Waals surface area contributed by atoms with Crippen molar-refractivity contribution in [1.82, 2.24) is 15.5 Å². The molecule has 1 aromatic carbocycles. The number of para-hydroxylation sites is 2. The molecule has 0 unspecified atom stereocenters. The Hall–Kier alpha value is -2.87. The van der Waals surface area contributed by atoms with Gasteiger partial charge in [-0.25, -0.2) is 0 Å². The summed E-state index contributed by atoms with van der Waals surface area (Å²) >= 11 is 0. The lowest BCUT2D eigenvalue weighted by atomic mass is 9.94. The number of amides is 2. The summed E-state index contributed by atoms with van der Waals surface area (Å²) in [5, 5.41) is 9.87. The number of hydrogen-bond acceptors (Lipinski definition) is 5. The van der Waals surface area contributed by atoms with Crippen LogP contribution in [0.25, 0.3) is 0 Å². The van der Waals surface area contributed by atoms with Gasteiger partial charge in [-0.3, -0.25) is 14.7 Å². The van der Waals surface area contributed by atoms with Gasteiger partial charge in [-0.1, -0.05) is 12.1 Å². The van der Waals surface area contributed by atoms with Gasteiger partial charge in [0.15, 0.2) is 0 Å². The third-order valence-electron chi connectivity index (χ3n) is 5.05. The van der Waals surface area contributed by atoms with Gasteiger partial charge in [-0.2, -0.15) is 5.10 Å². The average molecular weight is 370 g/mol. The first-order valence-electron chi connectivity index (χ1n) is 8.90. The Morgan fingerprint density at radius 2 is 2.15 bits per heavy atom. The molecule has 27 heavy (non-hydrogen) atoms. The van der Waals surface area contributed by atoms with Gasteiger partial charge in [0.25, 0.3) is 11.8 Å². The predicted octanol–water partition coefficient (Wildman–Crippen LogP) is 1.37. The van der Waals surface area contributed by atoms with Crippen LogP contribution in [0.5, 0.6) is 5.75 Å². The van der Waals surface area contributed by atoms with Gasteiger partial charge >= 0.3 is 0 Å². The van der Waals surface area contributed by atoms with Crippen molar-refractivity contribution in [3.8, 4) is 5.75 Å². The number of anilines is 1. The lowest BCUT2D eigenvalue weighted by Gasteiger charge is -2.29. The minimum Gasteiger partial charge on any atom is -0.489 e. The summed E-state index contributed by atoms with van der Waals surface area (Å²) in [6, 6.07) is 6.51. The van der Waals surface area contributed by atoms with Crippen LogP contribution in [0.2, 0.25) is 0 Å². The van der Waals surface area contributed by atoms with Crippen LogP contribution in [-0.4, -0.2) is 48.3 Å². The van der Waals surface area contributed by atoms with Crippen LogP contribution in [0.4, 0.5) is 5.69 Å². The highest BCUT2D eigenvalue weighted by Crippen LogP contribution is 2.33. The highest BCUT2D eigenvalue weighted by molar-refractivity contribution is 6.03. The Morgan fingerprint density at radius 1 is 1.37 bits per heavy atom. The zero-order valence-electron chi connectivity index (χ0n) is 15.5. The van der Waals surface area contributed by atoms with Crippen LogP contribution in [0, 0.1) is 0 Å². The molecule has 142 valence electrons. The van der Waals surface area contributed by atoms with Crippen molar-refractivity contribution in [3.05, 3.63) is 41.2 Å². The molecule has 0 fully saturated rings. The largest absolute Gasteiger partial charge is 0.489 e. The molecule has 0 radical (unpaired) electrons. The summed E-state index contributed by atoms with van der Waals surface area (Å²) in [5.74, 6) is 0.0102. The summed E-state index contributed by atoms with van der Waals surface area (Å²) < 4.78 is 11.5. The third-order valence-corrected chi connectivity index (χ3v) is 5.05.